The molecule has 5 heteroatoms. The number of hydrogen-bond donors (Lipinski definition) is 3. The number of hydrogen-bond acceptors (Lipinski definition) is 4. The van der Waals surface area contributed by atoms with E-state index in [9.17, 15) is 9.90 Å². The molecule has 0 aliphatic rings. The summed E-state index contributed by atoms with van der Waals surface area (Å²) in [4.78, 5) is 11.4. The zero-order valence-corrected chi connectivity index (χ0v) is 15.8. The molecule has 0 bridgehead atoms. The van der Waals surface area contributed by atoms with Crippen LogP contribution in [0.4, 0.5) is 0 Å². The first-order valence-electron chi connectivity index (χ1n) is 9.30. The van der Waals surface area contributed by atoms with Gasteiger partial charge in [0.1, 0.15) is 0 Å². The smallest absolute Gasteiger partial charge is 0.222 e. The third-order valence-electron chi connectivity index (χ3n) is 4.11. The number of benzene rings is 1. The van der Waals surface area contributed by atoms with Crippen LogP contribution in [0.2, 0.25) is 0 Å². The fourth-order valence-corrected chi connectivity index (χ4v) is 2.47. The molecule has 2 atom stereocenters. The number of nitrogens with one attached hydrogen (secondary N) is 2. The zero-order valence-electron chi connectivity index (χ0n) is 15.8. The van der Waals surface area contributed by atoms with Crippen LogP contribution in [0, 0.1) is 5.92 Å². The number of aliphatic hydroxyl groups excluding tert-OH is 1. The molecule has 1 amide bonds. The van der Waals surface area contributed by atoms with E-state index in [0.29, 0.717) is 38.8 Å². The number of rotatable bonds is 13. The monoisotopic (exact) mass is 350 g/mol. The second-order valence-electron chi connectivity index (χ2n) is 6.83. The average Bonchev–Trinajstić information content (AvgIpc) is 2.61. The molecule has 0 heterocycles. The van der Waals surface area contributed by atoms with Crippen molar-refractivity contribution in [2.45, 2.75) is 45.6 Å². The third-order valence-corrected chi connectivity index (χ3v) is 4.11. The topological polar surface area (TPSA) is 70.6 Å². The van der Waals surface area contributed by atoms with Gasteiger partial charge in [-0.15, -0.1) is 0 Å². The van der Waals surface area contributed by atoms with E-state index in [1.54, 1.807) is 0 Å². The molecule has 3 N–H and O–H groups in total. The quantitative estimate of drug-likeness (QED) is 0.478. The van der Waals surface area contributed by atoms with Crippen molar-refractivity contribution in [1.82, 2.24) is 10.6 Å². The highest BCUT2D eigenvalue weighted by Gasteiger charge is 2.07. The molecule has 1 aromatic rings. The molecule has 142 valence electrons. The fraction of sp³-hybridized carbons (Fsp3) is 0.650. The lowest BCUT2D eigenvalue weighted by Crippen LogP contribution is -2.37. The van der Waals surface area contributed by atoms with Gasteiger partial charge in [0.15, 0.2) is 0 Å². The lowest BCUT2D eigenvalue weighted by atomic mass is 9.97. The molecule has 2 unspecified atom stereocenters. The summed E-state index contributed by atoms with van der Waals surface area (Å²) in [6, 6.07) is 10.5. The Morgan fingerprint density at radius 3 is 2.56 bits per heavy atom. The third kappa shape index (κ3) is 10.2. The van der Waals surface area contributed by atoms with Crippen molar-refractivity contribution < 1.29 is 14.6 Å². The van der Waals surface area contributed by atoms with Gasteiger partial charge in [-0.1, -0.05) is 51.1 Å². The molecule has 0 fully saturated rings. The van der Waals surface area contributed by atoms with Crippen molar-refractivity contribution in [1.29, 1.82) is 0 Å². The van der Waals surface area contributed by atoms with Gasteiger partial charge in [0.05, 0.1) is 12.7 Å². The van der Waals surface area contributed by atoms with Crippen LogP contribution in [0.1, 0.15) is 45.1 Å². The first-order chi connectivity index (χ1) is 12.0. The lowest BCUT2D eigenvalue weighted by Gasteiger charge is -2.14. The highest BCUT2D eigenvalue weighted by molar-refractivity contribution is 5.77. The summed E-state index contributed by atoms with van der Waals surface area (Å²) < 4.78 is 5.55. The summed E-state index contributed by atoms with van der Waals surface area (Å²) in [6.07, 6.45) is 1.54. The SMILES string of the molecule is CC(C)C(=O)NCCNCC(O)COCCCC(C)c1ccccc1. The Labute approximate surface area is 152 Å². The summed E-state index contributed by atoms with van der Waals surface area (Å²) in [7, 11) is 0. The first-order valence-corrected chi connectivity index (χ1v) is 9.30. The largest absolute Gasteiger partial charge is 0.389 e. The van der Waals surface area contributed by atoms with E-state index in [1.807, 2.05) is 19.9 Å². The van der Waals surface area contributed by atoms with Crippen LogP contribution in [0.3, 0.4) is 0 Å². The van der Waals surface area contributed by atoms with E-state index in [2.05, 4.69) is 41.8 Å². The van der Waals surface area contributed by atoms with Crippen LogP contribution in [0.5, 0.6) is 0 Å². The second-order valence-corrected chi connectivity index (χ2v) is 6.83. The second kappa shape index (κ2) is 12.9. The summed E-state index contributed by atoms with van der Waals surface area (Å²) in [5.41, 5.74) is 1.36. The molecule has 0 saturated carbocycles. The Bertz CT molecular complexity index is 465. The Morgan fingerprint density at radius 1 is 1.16 bits per heavy atom. The van der Waals surface area contributed by atoms with Crippen LogP contribution < -0.4 is 10.6 Å². The van der Waals surface area contributed by atoms with E-state index >= 15 is 0 Å². The zero-order chi connectivity index (χ0) is 18.5. The fourth-order valence-electron chi connectivity index (χ4n) is 2.47. The lowest BCUT2D eigenvalue weighted by molar-refractivity contribution is -0.123. The highest BCUT2D eigenvalue weighted by Crippen LogP contribution is 2.19. The summed E-state index contributed by atoms with van der Waals surface area (Å²) in [5, 5.41) is 15.8. The van der Waals surface area contributed by atoms with Gasteiger partial charge >= 0.3 is 0 Å². The molecule has 0 aliphatic carbocycles. The van der Waals surface area contributed by atoms with Crippen molar-refractivity contribution >= 4 is 5.91 Å². The molecule has 1 rings (SSSR count). The predicted molar refractivity (Wildman–Crippen MR) is 102 cm³/mol. The number of carbonyl (C=O) groups excluding carboxylic acids is 1. The minimum absolute atomic E-state index is 0.00333. The van der Waals surface area contributed by atoms with Crippen LogP contribution in [-0.2, 0) is 9.53 Å². The molecular formula is C20H34N2O3. The predicted octanol–water partition coefficient (Wildman–Crippen LogP) is 2.31. The maximum absolute atomic E-state index is 11.4. The van der Waals surface area contributed by atoms with Gasteiger partial charge in [0.2, 0.25) is 5.91 Å². The molecule has 0 spiro atoms. The van der Waals surface area contributed by atoms with Crippen molar-refractivity contribution in [3.63, 3.8) is 0 Å². The van der Waals surface area contributed by atoms with Crippen molar-refractivity contribution in [2.24, 2.45) is 5.92 Å². The summed E-state index contributed by atoms with van der Waals surface area (Å²) in [5.74, 6) is 0.580. The van der Waals surface area contributed by atoms with E-state index in [0.717, 1.165) is 12.8 Å². The van der Waals surface area contributed by atoms with Crippen molar-refractivity contribution in [3.8, 4) is 0 Å². The number of carbonyl (C=O) groups is 1. The average molecular weight is 351 g/mol. The number of amides is 1. The molecule has 0 aromatic heterocycles. The van der Waals surface area contributed by atoms with E-state index < -0.39 is 6.10 Å². The Morgan fingerprint density at radius 2 is 1.88 bits per heavy atom. The van der Waals surface area contributed by atoms with Crippen LogP contribution in [0.15, 0.2) is 30.3 Å². The Balaban J connectivity index is 1.96. The normalized spacial score (nSPS) is 13.6. The molecule has 0 saturated heterocycles. The van der Waals surface area contributed by atoms with Crippen molar-refractivity contribution in [3.05, 3.63) is 35.9 Å². The summed E-state index contributed by atoms with van der Waals surface area (Å²) in [6.45, 7) is 8.65. The number of ether oxygens (including phenoxy) is 1. The minimum atomic E-state index is -0.521. The molecular weight excluding hydrogens is 316 g/mol. The molecule has 25 heavy (non-hydrogen) atoms. The maximum Gasteiger partial charge on any atom is 0.222 e. The first kappa shape index (κ1) is 21.6. The van der Waals surface area contributed by atoms with Crippen LogP contribution >= 0.6 is 0 Å². The van der Waals surface area contributed by atoms with Gasteiger partial charge in [0.25, 0.3) is 0 Å². The van der Waals surface area contributed by atoms with E-state index in [1.165, 1.54) is 5.56 Å². The Hall–Kier alpha value is -1.43. The van der Waals surface area contributed by atoms with Crippen LogP contribution in [-0.4, -0.2) is 50.0 Å². The molecule has 5 nitrogen and oxygen atoms in total. The van der Waals surface area contributed by atoms with Gasteiger partial charge < -0.3 is 20.5 Å². The van der Waals surface area contributed by atoms with E-state index in [4.69, 9.17) is 4.74 Å². The van der Waals surface area contributed by atoms with E-state index in [-0.39, 0.29) is 11.8 Å². The molecule has 0 aliphatic heterocycles. The highest BCUT2D eigenvalue weighted by atomic mass is 16.5. The molecule has 0 radical (unpaired) electrons. The van der Waals surface area contributed by atoms with Gasteiger partial charge in [-0.3, -0.25) is 4.79 Å². The van der Waals surface area contributed by atoms with Gasteiger partial charge in [-0.05, 0) is 24.3 Å². The maximum atomic E-state index is 11.4. The van der Waals surface area contributed by atoms with Crippen molar-refractivity contribution in [2.75, 3.05) is 32.8 Å². The minimum Gasteiger partial charge on any atom is -0.389 e. The Kier molecular flexibility index (Phi) is 11.1. The van der Waals surface area contributed by atoms with Gasteiger partial charge in [-0.2, -0.15) is 0 Å². The summed E-state index contributed by atoms with van der Waals surface area (Å²) >= 11 is 0. The van der Waals surface area contributed by atoms with Gasteiger partial charge in [0, 0.05) is 32.2 Å². The number of aliphatic hydroxyl groups is 1. The van der Waals surface area contributed by atoms with Gasteiger partial charge in [-0.25, -0.2) is 0 Å². The standard InChI is InChI=1S/C20H34N2O3/c1-16(2)20(24)22-12-11-21-14-19(23)15-25-13-7-8-17(3)18-9-5-4-6-10-18/h4-6,9-10,16-17,19,21,23H,7-8,11-15H2,1-3H3,(H,22,24). The molecule has 1 aromatic carbocycles. The van der Waals surface area contributed by atoms with Crippen LogP contribution in [0.25, 0.3) is 0 Å².